The van der Waals surface area contributed by atoms with Crippen molar-refractivity contribution in [2.45, 2.75) is 52.4 Å². The van der Waals surface area contributed by atoms with Crippen LogP contribution in [0.25, 0.3) is 0 Å². The molecular weight excluding hydrogens is 312 g/mol. The zero-order chi connectivity index (χ0) is 17.4. The van der Waals surface area contributed by atoms with Gasteiger partial charge in [-0.2, -0.15) is 0 Å². The molecule has 2 nitrogen and oxygen atoms in total. The van der Waals surface area contributed by atoms with E-state index in [2.05, 4.69) is 73.9 Å². The van der Waals surface area contributed by atoms with Gasteiger partial charge in [0, 0.05) is 11.4 Å². The smallest absolute Gasteiger partial charge is 0.175 e. The molecule has 0 aromatic heterocycles. The van der Waals surface area contributed by atoms with Gasteiger partial charge < -0.3 is 10.6 Å². The summed E-state index contributed by atoms with van der Waals surface area (Å²) in [6, 6.07) is 16.9. The first-order valence-corrected chi connectivity index (χ1v) is 9.30. The van der Waals surface area contributed by atoms with Crippen molar-refractivity contribution in [2.24, 2.45) is 0 Å². The molecule has 0 saturated carbocycles. The Hall–Kier alpha value is -1.87. The van der Waals surface area contributed by atoms with Crippen molar-refractivity contribution in [3.8, 4) is 0 Å². The van der Waals surface area contributed by atoms with E-state index in [1.165, 1.54) is 24.0 Å². The van der Waals surface area contributed by atoms with Crippen LogP contribution in [-0.2, 0) is 6.42 Å². The standard InChI is InChI=1S/C21H28N2S/c1-4-6-9-17-12-14-18(15-13-17)22-21(24)23-20-11-8-7-10-19(20)16(3)5-2/h7-8,10-16H,4-6,9H2,1-3H3,(H2,22,23,24). The topological polar surface area (TPSA) is 24.1 Å². The number of benzene rings is 2. The van der Waals surface area contributed by atoms with Crippen LogP contribution < -0.4 is 10.6 Å². The minimum Gasteiger partial charge on any atom is -0.332 e. The van der Waals surface area contributed by atoms with Crippen LogP contribution in [0.4, 0.5) is 11.4 Å². The summed E-state index contributed by atoms with van der Waals surface area (Å²) in [5.74, 6) is 0.509. The lowest BCUT2D eigenvalue weighted by atomic mass is 9.97. The molecule has 0 aliphatic carbocycles. The highest BCUT2D eigenvalue weighted by Gasteiger charge is 2.09. The summed E-state index contributed by atoms with van der Waals surface area (Å²) in [6.45, 7) is 6.67. The van der Waals surface area contributed by atoms with Crippen LogP contribution in [0.1, 0.15) is 57.1 Å². The molecule has 3 heteroatoms. The Kier molecular flexibility index (Phi) is 7.26. The maximum Gasteiger partial charge on any atom is 0.175 e. The predicted molar refractivity (Wildman–Crippen MR) is 110 cm³/mol. The lowest BCUT2D eigenvalue weighted by Gasteiger charge is -2.17. The summed E-state index contributed by atoms with van der Waals surface area (Å²) in [5, 5.41) is 7.25. The Balaban J connectivity index is 1.98. The molecule has 0 spiro atoms. The number of hydrogen-bond acceptors (Lipinski definition) is 1. The Morgan fingerprint density at radius 3 is 2.38 bits per heavy atom. The highest BCUT2D eigenvalue weighted by Crippen LogP contribution is 2.26. The van der Waals surface area contributed by atoms with E-state index < -0.39 is 0 Å². The summed E-state index contributed by atoms with van der Waals surface area (Å²) >= 11 is 5.48. The maximum atomic E-state index is 5.48. The van der Waals surface area contributed by atoms with E-state index in [1.54, 1.807) is 0 Å². The third-order valence-electron chi connectivity index (χ3n) is 4.38. The van der Waals surface area contributed by atoms with Gasteiger partial charge >= 0.3 is 0 Å². The number of hydrogen-bond donors (Lipinski definition) is 2. The monoisotopic (exact) mass is 340 g/mol. The molecule has 24 heavy (non-hydrogen) atoms. The molecule has 128 valence electrons. The van der Waals surface area contributed by atoms with Crippen LogP contribution in [0, 0.1) is 0 Å². The number of rotatable bonds is 7. The number of anilines is 2. The summed E-state index contributed by atoms with van der Waals surface area (Å²) in [6.07, 6.45) is 4.71. The molecule has 0 fully saturated rings. The average molecular weight is 341 g/mol. The van der Waals surface area contributed by atoms with Crippen molar-refractivity contribution < 1.29 is 0 Å². The Labute approximate surface area is 151 Å². The van der Waals surface area contributed by atoms with Gasteiger partial charge in [0.05, 0.1) is 0 Å². The van der Waals surface area contributed by atoms with Gasteiger partial charge in [-0.15, -0.1) is 0 Å². The molecule has 2 N–H and O–H groups in total. The first-order valence-electron chi connectivity index (χ1n) is 8.89. The third kappa shape index (κ3) is 5.34. The first kappa shape index (κ1) is 18.5. The Bertz CT molecular complexity index is 649. The highest BCUT2D eigenvalue weighted by atomic mass is 32.1. The normalized spacial score (nSPS) is 11.8. The second-order valence-corrected chi connectivity index (χ2v) is 6.68. The Morgan fingerprint density at radius 2 is 1.71 bits per heavy atom. The third-order valence-corrected chi connectivity index (χ3v) is 4.59. The fourth-order valence-corrected chi connectivity index (χ4v) is 2.91. The van der Waals surface area contributed by atoms with Gasteiger partial charge in [0.25, 0.3) is 0 Å². The molecule has 1 unspecified atom stereocenters. The van der Waals surface area contributed by atoms with Crippen molar-refractivity contribution in [3.63, 3.8) is 0 Å². The van der Waals surface area contributed by atoms with E-state index in [0.717, 1.165) is 24.2 Å². The van der Waals surface area contributed by atoms with E-state index in [9.17, 15) is 0 Å². The Morgan fingerprint density at radius 1 is 1.00 bits per heavy atom. The summed E-state index contributed by atoms with van der Waals surface area (Å²) in [5.41, 5.74) is 4.79. The van der Waals surface area contributed by atoms with Crippen LogP contribution in [0.2, 0.25) is 0 Å². The number of para-hydroxylation sites is 1. The fraction of sp³-hybridized carbons (Fsp3) is 0.381. The minimum absolute atomic E-state index is 0.509. The van der Waals surface area contributed by atoms with Gasteiger partial charge in [0.15, 0.2) is 5.11 Å². The predicted octanol–water partition coefficient (Wildman–Crippen LogP) is 6.35. The highest BCUT2D eigenvalue weighted by molar-refractivity contribution is 7.80. The van der Waals surface area contributed by atoms with Crippen LogP contribution in [0.15, 0.2) is 48.5 Å². The zero-order valence-corrected chi connectivity index (χ0v) is 15.7. The molecule has 0 radical (unpaired) electrons. The second kappa shape index (κ2) is 9.43. The van der Waals surface area contributed by atoms with Crippen molar-refractivity contribution in [3.05, 3.63) is 59.7 Å². The van der Waals surface area contributed by atoms with Crippen LogP contribution in [-0.4, -0.2) is 5.11 Å². The van der Waals surface area contributed by atoms with Crippen LogP contribution in [0.3, 0.4) is 0 Å². The van der Waals surface area contributed by atoms with Crippen molar-refractivity contribution >= 4 is 28.7 Å². The number of aryl methyl sites for hydroxylation is 1. The fourth-order valence-electron chi connectivity index (χ4n) is 2.68. The van der Waals surface area contributed by atoms with E-state index in [0.29, 0.717) is 11.0 Å². The maximum absolute atomic E-state index is 5.48. The first-order chi connectivity index (χ1) is 11.6. The number of unbranched alkanes of at least 4 members (excludes halogenated alkanes) is 1. The lowest BCUT2D eigenvalue weighted by Crippen LogP contribution is -2.20. The molecule has 2 rings (SSSR count). The lowest BCUT2D eigenvalue weighted by molar-refractivity contribution is 0.736. The summed E-state index contributed by atoms with van der Waals surface area (Å²) < 4.78 is 0. The van der Waals surface area contributed by atoms with Crippen molar-refractivity contribution in [1.82, 2.24) is 0 Å². The quantitative estimate of drug-likeness (QED) is 0.574. The van der Waals surface area contributed by atoms with E-state index >= 15 is 0 Å². The molecule has 0 aliphatic heterocycles. The molecular formula is C21H28N2S. The molecule has 0 saturated heterocycles. The van der Waals surface area contributed by atoms with Crippen LogP contribution in [0.5, 0.6) is 0 Å². The molecule has 2 aromatic rings. The van der Waals surface area contributed by atoms with Crippen molar-refractivity contribution in [1.29, 1.82) is 0 Å². The molecule has 0 amide bonds. The average Bonchev–Trinajstić information content (AvgIpc) is 2.61. The van der Waals surface area contributed by atoms with Gasteiger partial charge in [-0.25, -0.2) is 0 Å². The number of thiocarbonyl (C=S) groups is 1. The zero-order valence-electron chi connectivity index (χ0n) is 14.9. The van der Waals surface area contributed by atoms with Gasteiger partial charge in [-0.05, 0) is 66.7 Å². The second-order valence-electron chi connectivity index (χ2n) is 6.28. The van der Waals surface area contributed by atoms with E-state index in [4.69, 9.17) is 12.2 Å². The van der Waals surface area contributed by atoms with E-state index in [1.807, 2.05) is 6.07 Å². The largest absolute Gasteiger partial charge is 0.332 e. The van der Waals surface area contributed by atoms with Gasteiger partial charge in [0.2, 0.25) is 0 Å². The summed E-state index contributed by atoms with van der Waals surface area (Å²) in [7, 11) is 0. The van der Waals surface area contributed by atoms with Crippen molar-refractivity contribution in [2.75, 3.05) is 10.6 Å². The molecule has 0 aliphatic rings. The molecule has 2 aromatic carbocycles. The van der Waals surface area contributed by atoms with E-state index in [-0.39, 0.29) is 0 Å². The number of nitrogens with one attached hydrogen (secondary N) is 2. The minimum atomic E-state index is 0.509. The van der Waals surface area contributed by atoms with Gasteiger partial charge in [0.1, 0.15) is 0 Å². The molecule has 0 bridgehead atoms. The van der Waals surface area contributed by atoms with Gasteiger partial charge in [-0.3, -0.25) is 0 Å². The molecule has 0 heterocycles. The SMILES string of the molecule is CCCCc1ccc(NC(=S)Nc2ccccc2C(C)CC)cc1. The van der Waals surface area contributed by atoms with Crippen LogP contribution >= 0.6 is 12.2 Å². The van der Waals surface area contributed by atoms with Gasteiger partial charge in [-0.1, -0.05) is 57.5 Å². The summed E-state index contributed by atoms with van der Waals surface area (Å²) in [4.78, 5) is 0. The molecule has 1 atom stereocenters.